The molecule has 178 valence electrons. The smallest absolute Gasteiger partial charge is 0.317 e. The van der Waals surface area contributed by atoms with Gasteiger partial charge in [-0.3, -0.25) is 4.68 Å². The fraction of sp³-hybridized carbons (Fsp3) is 0.591. The van der Waals surface area contributed by atoms with Crippen molar-refractivity contribution in [1.29, 1.82) is 0 Å². The lowest BCUT2D eigenvalue weighted by Crippen LogP contribution is -2.46. The summed E-state index contributed by atoms with van der Waals surface area (Å²) >= 11 is 0. The zero-order valence-corrected chi connectivity index (χ0v) is 19.5. The number of halogens is 3. The highest BCUT2D eigenvalue weighted by Crippen LogP contribution is 2.29. The van der Waals surface area contributed by atoms with Crippen molar-refractivity contribution in [2.24, 2.45) is 0 Å². The molecule has 1 aliphatic heterocycles. The topological polar surface area (TPSA) is 67.2 Å². The van der Waals surface area contributed by atoms with Crippen molar-refractivity contribution in [2.75, 3.05) is 19.6 Å². The first-order chi connectivity index (χ1) is 14.9. The Morgan fingerprint density at radius 1 is 1.16 bits per heavy atom. The second kappa shape index (κ2) is 9.52. The van der Waals surface area contributed by atoms with E-state index in [4.69, 9.17) is 0 Å². The maximum Gasteiger partial charge on any atom is 0.435 e. The van der Waals surface area contributed by atoms with E-state index in [1.165, 1.54) is 15.2 Å². The molecular weight excluding hydrogens is 441 g/mol. The van der Waals surface area contributed by atoms with Crippen molar-refractivity contribution < 1.29 is 21.6 Å². The highest BCUT2D eigenvalue weighted by atomic mass is 32.2. The lowest BCUT2D eigenvalue weighted by atomic mass is 9.87. The van der Waals surface area contributed by atoms with Gasteiger partial charge in [0.1, 0.15) is 0 Å². The van der Waals surface area contributed by atoms with Crippen LogP contribution in [0.5, 0.6) is 0 Å². The van der Waals surface area contributed by atoms with Gasteiger partial charge in [0.25, 0.3) is 0 Å². The SMILES string of the molecule is CC(C)(C)c1cccc(S(=O)(=O)N(CCCn2ccc(C(F)(F)F)n2)C2CCNCC2)c1. The molecule has 0 bridgehead atoms. The summed E-state index contributed by atoms with van der Waals surface area (Å²) in [4.78, 5) is 0.252. The van der Waals surface area contributed by atoms with Crippen molar-refractivity contribution in [1.82, 2.24) is 19.4 Å². The third-order valence-corrected chi connectivity index (χ3v) is 7.67. The Labute approximate surface area is 187 Å². The maximum atomic E-state index is 13.6. The van der Waals surface area contributed by atoms with Gasteiger partial charge >= 0.3 is 6.18 Å². The van der Waals surface area contributed by atoms with Crippen LogP contribution in [-0.2, 0) is 28.2 Å². The van der Waals surface area contributed by atoms with E-state index in [-0.39, 0.29) is 29.4 Å². The van der Waals surface area contributed by atoms with Gasteiger partial charge in [0.05, 0.1) is 4.90 Å². The number of benzene rings is 1. The Bertz CT molecular complexity index is 1010. The summed E-state index contributed by atoms with van der Waals surface area (Å²) in [5, 5.41) is 6.81. The molecule has 0 aliphatic carbocycles. The van der Waals surface area contributed by atoms with Gasteiger partial charge in [-0.2, -0.15) is 22.6 Å². The lowest BCUT2D eigenvalue weighted by molar-refractivity contribution is -0.141. The predicted octanol–water partition coefficient (Wildman–Crippen LogP) is 4.03. The lowest BCUT2D eigenvalue weighted by Gasteiger charge is -2.34. The van der Waals surface area contributed by atoms with Crippen LogP contribution in [0.4, 0.5) is 13.2 Å². The van der Waals surface area contributed by atoms with Crippen molar-refractivity contribution >= 4 is 10.0 Å². The Morgan fingerprint density at radius 2 is 1.84 bits per heavy atom. The minimum absolute atomic E-state index is 0.150. The van der Waals surface area contributed by atoms with Crippen LogP contribution in [0.1, 0.15) is 51.3 Å². The summed E-state index contributed by atoms with van der Waals surface area (Å²) < 4.78 is 68.4. The normalized spacial score (nSPS) is 16.6. The Hall–Kier alpha value is -1.91. The number of hydrogen-bond acceptors (Lipinski definition) is 4. The van der Waals surface area contributed by atoms with E-state index in [0.29, 0.717) is 19.3 Å². The molecule has 10 heteroatoms. The van der Waals surface area contributed by atoms with Crippen LogP contribution in [0.15, 0.2) is 41.4 Å². The molecule has 2 heterocycles. The predicted molar refractivity (Wildman–Crippen MR) is 117 cm³/mol. The number of piperidine rings is 1. The molecule has 1 fully saturated rings. The van der Waals surface area contributed by atoms with E-state index in [0.717, 1.165) is 24.7 Å². The quantitative estimate of drug-likeness (QED) is 0.661. The van der Waals surface area contributed by atoms with Crippen LogP contribution in [0, 0.1) is 0 Å². The van der Waals surface area contributed by atoms with Gasteiger partial charge in [-0.25, -0.2) is 8.42 Å². The number of sulfonamides is 1. The van der Waals surface area contributed by atoms with Crippen LogP contribution in [-0.4, -0.2) is 48.2 Å². The molecule has 1 saturated heterocycles. The van der Waals surface area contributed by atoms with E-state index >= 15 is 0 Å². The summed E-state index contributed by atoms with van der Waals surface area (Å²) in [6.45, 7) is 7.97. The summed E-state index contributed by atoms with van der Waals surface area (Å²) in [6.07, 6.45) is -1.47. The minimum atomic E-state index is -4.49. The fourth-order valence-electron chi connectivity index (χ4n) is 3.88. The first-order valence-corrected chi connectivity index (χ1v) is 12.3. The van der Waals surface area contributed by atoms with Crippen molar-refractivity contribution in [3.8, 4) is 0 Å². The monoisotopic (exact) mass is 472 g/mol. The van der Waals surface area contributed by atoms with Gasteiger partial charge in [-0.15, -0.1) is 0 Å². The molecule has 0 atom stereocenters. The van der Waals surface area contributed by atoms with E-state index in [1.54, 1.807) is 18.2 Å². The molecule has 1 aromatic carbocycles. The summed E-state index contributed by atoms with van der Waals surface area (Å²) in [7, 11) is -3.76. The van der Waals surface area contributed by atoms with Crippen molar-refractivity contribution in [3.05, 3.63) is 47.8 Å². The van der Waals surface area contributed by atoms with Gasteiger partial charge < -0.3 is 5.32 Å². The second-order valence-electron chi connectivity index (χ2n) is 9.19. The first kappa shape index (κ1) is 24.7. The zero-order chi connectivity index (χ0) is 23.6. The van der Waals surface area contributed by atoms with Gasteiger partial charge in [0, 0.05) is 25.3 Å². The average Bonchev–Trinajstić information content (AvgIpc) is 3.21. The summed E-state index contributed by atoms with van der Waals surface area (Å²) in [6, 6.07) is 7.80. The van der Waals surface area contributed by atoms with E-state index in [1.807, 2.05) is 26.8 Å². The third-order valence-electron chi connectivity index (χ3n) is 5.72. The molecule has 0 radical (unpaired) electrons. The number of hydrogen-bond donors (Lipinski definition) is 1. The highest BCUT2D eigenvalue weighted by Gasteiger charge is 2.34. The number of nitrogens with zero attached hydrogens (tertiary/aromatic N) is 3. The van der Waals surface area contributed by atoms with Crippen molar-refractivity contribution in [2.45, 2.75) is 69.1 Å². The maximum absolute atomic E-state index is 13.6. The van der Waals surface area contributed by atoms with Gasteiger partial charge in [-0.1, -0.05) is 32.9 Å². The number of aromatic nitrogens is 2. The standard InChI is InChI=1S/C22H31F3N4O2S/c1-21(2,3)17-6-4-7-19(16-17)32(30,31)29(18-8-11-26-12-9-18)14-5-13-28-15-10-20(27-28)22(23,24)25/h4,6-7,10,15-16,18,26H,5,8-9,11-14H2,1-3H3. The Balaban J connectivity index is 1.80. The zero-order valence-electron chi connectivity index (χ0n) is 18.7. The molecule has 32 heavy (non-hydrogen) atoms. The number of aryl methyl sites for hydroxylation is 1. The van der Waals surface area contributed by atoms with Crippen LogP contribution >= 0.6 is 0 Å². The molecule has 0 saturated carbocycles. The minimum Gasteiger partial charge on any atom is -0.317 e. The second-order valence-corrected chi connectivity index (χ2v) is 11.1. The molecule has 1 aromatic heterocycles. The highest BCUT2D eigenvalue weighted by molar-refractivity contribution is 7.89. The average molecular weight is 473 g/mol. The summed E-state index contributed by atoms with van der Waals surface area (Å²) in [5.74, 6) is 0. The number of alkyl halides is 3. The van der Waals surface area contributed by atoms with E-state index in [2.05, 4.69) is 10.4 Å². The van der Waals surface area contributed by atoms with Crippen LogP contribution in [0.25, 0.3) is 0 Å². The molecular formula is C22H31F3N4O2S. The largest absolute Gasteiger partial charge is 0.435 e. The van der Waals surface area contributed by atoms with Crippen LogP contribution in [0.3, 0.4) is 0 Å². The number of rotatable bonds is 7. The third kappa shape index (κ3) is 5.90. The molecule has 0 spiro atoms. The van der Waals surface area contributed by atoms with Gasteiger partial charge in [0.15, 0.2) is 5.69 Å². The van der Waals surface area contributed by atoms with E-state index in [9.17, 15) is 21.6 Å². The first-order valence-electron chi connectivity index (χ1n) is 10.8. The molecule has 6 nitrogen and oxygen atoms in total. The van der Waals surface area contributed by atoms with Crippen LogP contribution in [0.2, 0.25) is 0 Å². The molecule has 0 unspecified atom stereocenters. The van der Waals surface area contributed by atoms with E-state index < -0.39 is 21.9 Å². The molecule has 1 N–H and O–H groups in total. The number of nitrogens with one attached hydrogen (secondary N) is 1. The molecule has 2 aromatic rings. The van der Waals surface area contributed by atoms with Gasteiger partial charge in [0.2, 0.25) is 10.0 Å². The van der Waals surface area contributed by atoms with Gasteiger partial charge in [-0.05, 0) is 61.5 Å². The molecule has 1 aliphatic rings. The molecule has 3 rings (SSSR count). The molecule has 0 amide bonds. The van der Waals surface area contributed by atoms with Crippen LogP contribution < -0.4 is 5.32 Å². The fourth-order valence-corrected chi connectivity index (χ4v) is 5.65. The van der Waals surface area contributed by atoms with Crippen molar-refractivity contribution in [3.63, 3.8) is 0 Å². The Kier molecular flexibility index (Phi) is 7.36. The Morgan fingerprint density at radius 3 is 2.44 bits per heavy atom. The summed E-state index contributed by atoms with van der Waals surface area (Å²) in [5.41, 5.74) is -0.208.